The predicted molar refractivity (Wildman–Crippen MR) is 42.1 cm³/mol. The van der Waals surface area contributed by atoms with Crippen LogP contribution in [0.4, 0.5) is 0 Å². The molecule has 0 aromatic heterocycles. The van der Waals surface area contributed by atoms with E-state index in [1.54, 1.807) is 13.8 Å². The van der Waals surface area contributed by atoms with E-state index in [1.165, 1.54) is 12.1 Å². The van der Waals surface area contributed by atoms with Crippen molar-refractivity contribution in [1.82, 2.24) is 5.01 Å². The Bertz CT molecular complexity index is 156. The Balaban J connectivity index is 4.28. The maximum Gasteiger partial charge on any atom is 0.251 e. The normalized spacial score (nSPS) is 12.6. The summed E-state index contributed by atoms with van der Waals surface area (Å²) in [6.45, 7) is 4.36. The van der Waals surface area contributed by atoms with Crippen LogP contribution in [0.1, 0.15) is 13.8 Å². The van der Waals surface area contributed by atoms with Crippen LogP contribution in [-0.4, -0.2) is 41.8 Å². The quantitative estimate of drug-likeness (QED) is 0.262. The fourth-order valence-electron chi connectivity index (χ4n) is 0.766. The molecular formula is C6H15N3O3. The molecule has 0 amide bonds. The van der Waals surface area contributed by atoms with Gasteiger partial charge in [-0.15, -0.1) is 0 Å². The van der Waals surface area contributed by atoms with Gasteiger partial charge in [-0.2, -0.15) is 0 Å². The minimum atomic E-state index is -0.250. The molecule has 0 saturated carbocycles. The Kier molecular flexibility index (Phi) is 5.11. The van der Waals surface area contributed by atoms with E-state index in [-0.39, 0.29) is 16.6 Å². The largest absolute Gasteiger partial charge is 0.660 e. The van der Waals surface area contributed by atoms with Gasteiger partial charge in [-0.1, -0.05) is 0 Å². The third kappa shape index (κ3) is 2.91. The molecule has 0 rings (SSSR count). The van der Waals surface area contributed by atoms with Crippen LogP contribution in [0.2, 0.25) is 0 Å². The molecule has 0 fully saturated rings. The van der Waals surface area contributed by atoms with E-state index in [9.17, 15) is 10.4 Å². The van der Waals surface area contributed by atoms with E-state index in [4.69, 9.17) is 0 Å². The van der Waals surface area contributed by atoms with Crippen molar-refractivity contribution >= 4 is 0 Å². The second-order valence-corrected chi connectivity index (χ2v) is 2.16. The first-order valence-corrected chi connectivity index (χ1v) is 3.82. The van der Waals surface area contributed by atoms with Gasteiger partial charge in [0.2, 0.25) is 0 Å². The third-order valence-electron chi connectivity index (χ3n) is 1.40. The van der Waals surface area contributed by atoms with Crippen molar-refractivity contribution < 1.29 is 14.6 Å². The van der Waals surface area contributed by atoms with Crippen LogP contribution >= 0.6 is 0 Å². The van der Waals surface area contributed by atoms with E-state index in [0.717, 1.165) is 0 Å². The van der Waals surface area contributed by atoms with Gasteiger partial charge in [-0.3, -0.25) is 0 Å². The highest BCUT2D eigenvalue weighted by atomic mass is 16.7. The zero-order valence-corrected chi connectivity index (χ0v) is 7.69. The van der Waals surface area contributed by atoms with Gasteiger partial charge in [-0.05, 0) is 18.9 Å². The smallest absolute Gasteiger partial charge is 0.251 e. The number of rotatable bonds is 5. The molecule has 0 aliphatic rings. The monoisotopic (exact) mass is 177 g/mol. The van der Waals surface area contributed by atoms with Crippen LogP contribution < -0.4 is 0 Å². The molecule has 0 spiro atoms. The summed E-state index contributed by atoms with van der Waals surface area (Å²) >= 11 is 0. The Hall–Kier alpha value is -1.04. The van der Waals surface area contributed by atoms with Crippen LogP contribution in [0.3, 0.4) is 0 Å². The fourth-order valence-corrected chi connectivity index (χ4v) is 0.766. The van der Waals surface area contributed by atoms with Gasteiger partial charge < -0.3 is 15.2 Å². The Morgan fingerprint density at radius 3 is 2.08 bits per heavy atom. The highest BCUT2D eigenvalue weighted by molar-refractivity contribution is 4.29. The standard InChI is InChI=1S/C6H15N3O3/c1-4-7(5-2)9(11)8(10)6-12-3/h4-6H2,1-3H3/b9-8+. The number of ether oxygens (including phenoxy) is 1. The molecule has 0 aromatic carbocycles. The molecule has 72 valence electrons. The van der Waals surface area contributed by atoms with Crippen molar-refractivity contribution in [2.75, 3.05) is 26.9 Å². The highest BCUT2D eigenvalue weighted by Crippen LogP contribution is 1.88. The maximum atomic E-state index is 11.1. The third-order valence-corrected chi connectivity index (χ3v) is 1.40. The molecule has 0 bridgehead atoms. The van der Waals surface area contributed by atoms with Gasteiger partial charge in [0, 0.05) is 12.0 Å². The summed E-state index contributed by atoms with van der Waals surface area (Å²) in [6, 6.07) is 0. The van der Waals surface area contributed by atoms with Crippen molar-refractivity contribution in [3.63, 3.8) is 0 Å². The summed E-state index contributed by atoms with van der Waals surface area (Å²) in [5, 5.41) is 23.3. The number of hydrogen-bond donors (Lipinski definition) is 0. The number of hydroxylamine groups is 1. The van der Waals surface area contributed by atoms with Gasteiger partial charge >= 0.3 is 0 Å². The van der Waals surface area contributed by atoms with E-state index >= 15 is 0 Å². The fraction of sp³-hybridized carbons (Fsp3) is 1.00. The summed E-state index contributed by atoms with van der Waals surface area (Å²) < 4.78 is 4.51. The lowest BCUT2D eigenvalue weighted by atomic mass is 10.6. The molecule has 6 nitrogen and oxygen atoms in total. The number of methoxy groups -OCH3 is 1. The van der Waals surface area contributed by atoms with Crippen LogP contribution in [0.25, 0.3) is 0 Å². The van der Waals surface area contributed by atoms with Gasteiger partial charge in [0.05, 0.1) is 0 Å². The molecule has 0 aromatic rings. The van der Waals surface area contributed by atoms with Crippen molar-refractivity contribution in [3.8, 4) is 0 Å². The lowest BCUT2D eigenvalue weighted by Crippen LogP contribution is -2.36. The molecule has 6 heteroatoms. The Labute approximate surface area is 71.8 Å². The van der Waals surface area contributed by atoms with Crippen LogP contribution in [0.5, 0.6) is 0 Å². The summed E-state index contributed by atoms with van der Waals surface area (Å²) in [5.41, 5.74) is 0. The molecule has 12 heavy (non-hydrogen) atoms. The first kappa shape index (κ1) is 11.0. The van der Waals surface area contributed by atoms with Crippen molar-refractivity contribution in [2.24, 2.45) is 0 Å². The summed E-state index contributed by atoms with van der Waals surface area (Å²) in [4.78, 5) is 0.483. The molecule has 0 N–H and O–H groups in total. The molecule has 0 atom stereocenters. The van der Waals surface area contributed by atoms with Gasteiger partial charge in [0.1, 0.15) is 13.1 Å². The van der Waals surface area contributed by atoms with Crippen LogP contribution in [-0.2, 0) is 4.74 Å². The second-order valence-electron chi connectivity index (χ2n) is 2.16. The van der Waals surface area contributed by atoms with Crippen molar-refractivity contribution in [3.05, 3.63) is 10.4 Å². The Morgan fingerprint density at radius 2 is 1.75 bits per heavy atom. The van der Waals surface area contributed by atoms with E-state index in [2.05, 4.69) is 4.74 Å². The summed E-state index contributed by atoms with van der Waals surface area (Å²) in [5.74, 6) is 0. The molecule has 0 saturated heterocycles. The predicted octanol–water partition coefficient (Wildman–Crippen LogP) is 0.320. The molecular weight excluding hydrogens is 162 g/mol. The number of hydrogen-bond acceptors (Lipinski definition) is 3. The number of nitrogens with zero attached hydrogens (tertiary/aromatic N) is 3. The molecule has 0 aliphatic carbocycles. The minimum absolute atomic E-state index is 0.215. The van der Waals surface area contributed by atoms with E-state index < -0.39 is 0 Å². The van der Waals surface area contributed by atoms with Crippen molar-refractivity contribution in [2.45, 2.75) is 13.8 Å². The lowest BCUT2D eigenvalue weighted by Gasteiger charge is -2.12. The SMILES string of the molecule is CCN(CC)/[N+]([O-])=[N+](\[O-])COC. The van der Waals surface area contributed by atoms with Gasteiger partial charge in [0.25, 0.3) is 6.73 Å². The average molecular weight is 177 g/mol. The molecule has 0 aliphatic heterocycles. The topological polar surface area (TPSA) is 64.6 Å². The number of hydrazine groups is 1. The van der Waals surface area contributed by atoms with E-state index in [0.29, 0.717) is 13.1 Å². The Morgan fingerprint density at radius 1 is 1.25 bits per heavy atom. The zero-order chi connectivity index (χ0) is 9.56. The first-order valence-electron chi connectivity index (χ1n) is 3.82. The minimum Gasteiger partial charge on any atom is -0.660 e. The second kappa shape index (κ2) is 5.59. The summed E-state index contributed by atoms with van der Waals surface area (Å²) in [7, 11) is 1.36. The van der Waals surface area contributed by atoms with Crippen LogP contribution in [0.15, 0.2) is 0 Å². The van der Waals surface area contributed by atoms with Crippen LogP contribution in [0, 0.1) is 10.4 Å². The first-order chi connectivity index (χ1) is 5.67. The van der Waals surface area contributed by atoms with Crippen molar-refractivity contribution in [1.29, 1.82) is 0 Å². The zero-order valence-electron chi connectivity index (χ0n) is 7.69. The average Bonchev–Trinajstić information content (AvgIpc) is 2.07. The maximum absolute atomic E-state index is 11.1. The lowest BCUT2D eigenvalue weighted by molar-refractivity contribution is -1.04. The van der Waals surface area contributed by atoms with Gasteiger partial charge in [-0.25, -0.2) is 0 Å². The van der Waals surface area contributed by atoms with E-state index in [1.807, 2.05) is 0 Å². The molecule has 0 radical (unpaired) electrons. The summed E-state index contributed by atoms with van der Waals surface area (Å²) in [6.07, 6.45) is 0. The molecule has 0 heterocycles. The van der Waals surface area contributed by atoms with Gasteiger partial charge in [0.15, 0.2) is 4.97 Å². The molecule has 0 unspecified atom stereocenters. The highest BCUT2D eigenvalue weighted by Gasteiger charge is 2.15.